The highest BCUT2D eigenvalue weighted by Crippen LogP contribution is 2.55. The normalized spacial score (nSPS) is 30.7. The predicted molar refractivity (Wildman–Crippen MR) is 124 cm³/mol. The lowest BCUT2D eigenvalue weighted by Crippen LogP contribution is -2.53. The number of hydrogen-bond donors (Lipinski definition) is 0. The summed E-state index contributed by atoms with van der Waals surface area (Å²) in [6.45, 7) is 6.39. The number of carbonyl (C=O) groups excluding carboxylic acids is 2. The van der Waals surface area contributed by atoms with E-state index in [-0.39, 0.29) is 35.3 Å². The molecule has 0 N–H and O–H groups in total. The number of hydrogen-bond acceptors (Lipinski definition) is 5. The lowest BCUT2D eigenvalue weighted by Gasteiger charge is -2.49. The second kappa shape index (κ2) is 8.55. The fourth-order valence-electron chi connectivity index (χ4n) is 5.66. The van der Waals surface area contributed by atoms with E-state index < -0.39 is 5.60 Å². The van der Waals surface area contributed by atoms with Crippen LogP contribution in [0.3, 0.4) is 0 Å². The van der Waals surface area contributed by atoms with Crippen LogP contribution in [0.2, 0.25) is 0 Å². The second-order valence-electron chi connectivity index (χ2n) is 11.1. The summed E-state index contributed by atoms with van der Waals surface area (Å²) >= 11 is 0. The summed E-state index contributed by atoms with van der Waals surface area (Å²) < 4.78 is 10.8. The fourth-order valence-corrected chi connectivity index (χ4v) is 5.66. The Hall–Kier alpha value is -2.75. The van der Waals surface area contributed by atoms with Crippen molar-refractivity contribution in [2.45, 2.75) is 64.0 Å². The molecule has 0 radical (unpaired) electrons. The topological polar surface area (TPSA) is 82.9 Å². The molecule has 0 bridgehead atoms. The molecule has 4 rings (SSSR count). The molecule has 7 heteroatoms. The van der Waals surface area contributed by atoms with E-state index in [0.717, 1.165) is 18.6 Å². The highest BCUT2D eigenvalue weighted by atomic mass is 16.6. The molecular formula is C26H35N3O4. The minimum atomic E-state index is -0.568. The van der Waals surface area contributed by atoms with E-state index in [1.165, 1.54) is 5.56 Å². The van der Waals surface area contributed by atoms with Crippen LogP contribution in [0.5, 0.6) is 5.75 Å². The first-order valence-corrected chi connectivity index (χ1v) is 11.8. The van der Waals surface area contributed by atoms with E-state index in [0.29, 0.717) is 31.8 Å². The summed E-state index contributed by atoms with van der Waals surface area (Å²) in [5.41, 5.74) is 0.413. The first-order chi connectivity index (χ1) is 15.5. The molecule has 2 aliphatic carbocycles. The van der Waals surface area contributed by atoms with Crippen molar-refractivity contribution < 1.29 is 19.1 Å². The third-order valence-electron chi connectivity index (χ3n) is 7.68. The Kier molecular flexibility index (Phi) is 6.07. The Morgan fingerprint density at radius 2 is 1.94 bits per heavy atom. The number of rotatable bonds is 4. The van der Waals surface area contributed by atoms with E-state index in [2.05, 4.69) is 18.2 Å². The predicted octanol–water partition coefficient (Wildman–Crippen LogP) is 4.19. The first-order valence-electron chi connectivity index (χ1n) is 11.8. The molecule has 1 aromatic carbocycles. The van der Waals surface area contributed by atoms with Crippen molar-refractivity contribution in [2.75, 3.05) is 27.2 Å². The van der Waals surface area contributed by atoms with Crippen molar-refractivity contribution >= 4 is 12.0 Å². The number of nitriles is 1. The Bertz CT molecular complexity index is 951. The van der Waals surface area contributed by atoms with Crippen LogP contribution >= 0.6 is 0 Å². The SMILES string of the molecule is COc1cccc(C2CC(N(C)C(=O)C3CC4(C3)CN(C(=O)OC(C)(C)C)CC4C#N)C2)c1. The summed E-state index contributed by atoms with van der Waals surface area (Å²) in [6, 6.07) is 10.8. The van der Waals surface area contributed by atoms with Crippen LogP contribution in [0.25, 0.3) is 0 Å². The third-order valence-corrected chi connectivity index (χ3v) is 7.68. The van der Waals surface area contributed by atoms with Crippen LogP contribution in [0.1, 0.15) is 57.9 Å². The van der Waals surface area contributed by atoms with Gasteiger partial charge < -0.3 is 19.3 Å². The van der Waals surface area contributed by atoms with E-state index in [1.807, 2.05) is 44.9 Å². The van der Waals surface area contributed by atoms with E-state index in [1.54, 1.807) is 12.0 Å². The first kappa shape index (κ1) is 23.4. The Morgan fingerprint density at radius 1 is 1.24 bits per heavy atom. The van der Waals surface area contributed by atoms with Crippen LogP contribution in [-0.4, -0.2) is 60.7 Å². The molecule has 1 atom stereocenters. The molecule has 2 saturated carbocycles. The molecule has 2 amide bonds. The molecule has 33 heavy (non-hydrogen) atoms. The molecule has 1 aromatic rings. The number of benzene rings is 1. The van der Waals surface area contributed by atoms with Crippen LogP contribution in [0.4, 0.5) is 4.79 Å². The maximum atomic E-state index is 13.2. The van der Waals surface area contributed by atoms with E-state index in [9.17, 15) is 14.9 Å². The van der Waals surface area contributed by atoms with Gasteiger partial charge in [-0.3, -0.25) is 4.79 Å². The molecule has 1 heterocycles. The molecule has 1 spiro atoms. The monoisotopic (exact) mass is 453 g/mol. The molecule has 178 valence electrons. The van der Waals surface area contributed by atoms with Crippen LogP contribution < -0.4 is 4.74 Å². The summed E-state index contributed by atoms with van der Waals surface area (Å²) in [5, 5.41) is 9.71. The number of ether oxygens (including phenoxy) is 2. The highest BCUT2D eigenvalue weighted by Gasteiger charge is 2.58. The average Bonchev–Trinajstić information content (AvgIpc) is 3.10. The van der Waals surface area contributed by atoms with E-state index in [4.69, 9.17) is 9.47 Å². The van der Waals surface area contributed by atoms with Crippen molar-refractivity contribution in [1.82, 2.24) is 9.80 Å². The van der Waals surface area contributed by atoms with Gasteiger partial charge in [-0.05, 0) is 70.1 Å². The maximum absolute atomic E-state index is 13.2. The molecule has 1 saturated heterocycles. The van der Waals surface area contributed by atoms with Gasteiger partial charge in [0.15, 0.2) is 0 Å². The number of nitrogens with zero attached hydrogens (tertiary/aromatic N) is 3. The lowest BCUT2D eigenvalue weighted by molar-refractivity contribution is -0.146. The van der Waals surface area contributed by atoms with Crippen molar-refractivity contribution in [3.63, 3.8) is 0 Å². The summed E-state index contributed by atoms with van der Waals surface area (Å²) in [4.78, 5) is 29.2. The molecule has 7 nitrogen and oxygen atoms in total. The summed E-state index contributed by atoms with van der Waals surface area (Å²) in [7, 11) is 3.58. The highest BCUT2D eigenvalue weighted by molar-refractivity contribution is 5.80. The van der Waals surface area contributed by atoms with Gasteiger partial charge in [-0.25, -0.2) is 4.79 Å². The standard InChI is InChI=1S/C26H35N3O4/c1-25(2,3)33-24(31)29-15-20(14-27)26(16-29)12-19(13-26)23(30)28(4)21-9-18(10-21)17-7-6-8-22(11-17)32-5/h6-8,11,18-21H,9-10,12-13,15-16H2,1-5H3. The number of methoxy groups -OCH3 is 1. The molecule has 3 aliphatic rings. The van der Waals surface area contributed by atoms with Crippen LogP contribution in [-0.2, 0) is 9.53 Å². The molecular weight excluding hydrogens is 418 g/mol. The zero-order chi connectivity index (χ0) is 24.0. The maximum Gasteiger partial charge on any atom is 0.410 e. The van der Waals surface area contributed by atoms with Crippen LogP contribution in [0, 0.1) is 28.6 Å². The zero-order valence-electron chi connectivity index (χ0n) is 20.3. The van der Waals surface area contributed by atoms with Crippen molar-refractivity contribution in [2.24, 2.45) is 17.3 Å². The minimum Gasteiger partial charge on any atom is -0.497 e. The van der Waals surface area contributed by atoms with Gasteiger partial charge in [-0.15, -0.1) is 0 Å². The fraction of sp³-hybridized carbons (Fsp3) is 0.654. The van der Waals surface area contributed by atoms with Crippen LogP contribution in [0.15, 0.2) is 24.3 Å². The van der Waals surface area contributed by atoms with Gasteiger partial charge in [-0.1, -0.05) is 12.1 Å². The van der Waals surface area contributed by atoms with E-state index >= 15 is 0 Å². The third kappa shape index (κ3) is 4.53. The van der Waals surface area contributed by atoms with Gasteiger partial charge in [0.25, 0.3) is 0 Å². The number of carbonyl (C=O) groups is 2. The number of likely N-dealkylation sites (tertiary alicyclic amines) is 1. The number of amides is 2. The molecule has 1 unspecified atom stereocenters. The lowest BCUT2D eigenvalue weighted by atomic mass is 9.57. The zero-order valence-corrected chi connectivity index (χ0v) is 20.3. The Balaban J connectivity index is 1.30. The van der Waals surface area contributed by atoms with Gasteiger partial charge in [0.2, 0.25) is 5.91 Å². The average molecular weight is 454 g/mol. The van der Waals surface area contributed by atoms with Gasteiger partial charge >= 0.3 is 6.09 Å². The smallest absolute Gasteiger partial charge is 0.410 e. The van der Waals surface area contributed by atoms with Gasteiger partial charge in [0.05, 0.1) is 19.1 Å². The summed E-state index contributed by atoms with van der Waals surface area (Å²) in [6.07, 6.45) is 2.88. The molecule has 1 aliphatic heterocycles. The minimum absolute atomic E-state index is 0.0692. The Labute approximate surface area is 196 Å². The summed E-state index contributed by atoms with van der Waals surface area (Å²) in [5.74, 6) is 1.17. The second-order valence-corrected chi connectivity index (χ2v) is 11.1. The molecule has 0 aromatic heterocycles. The molecule has 3 fully saturated rings. The Morgan fingerprint density at radius 3 is 2.55 bits per heavy atom. The largest absolute Gasteiger partial charge is 0.497 e. The van der Waals surface area contributed by atoms with Gasteiger partial charge in [-0.2, -0.15) is 5.26 Å². The van der Waals surface area contributed by atoms with Crippen molar-refractivity contribution in [1.29, 1.82) is 5.26 Å². The van der Waals surface area contributed by atoms with Gasteiger partial charge in [0, 0.05) is 37.5 Å². The van der Waals surface area contributed by atoms with Gasteiger partial charge in [0.1, 0.15) is 11.4 Å². The van der Waals surface area contributed by atoms with Crippen molar-refractivity contribution in [3.8, 4) is 11.8 Å². The quantitative estimate of drug-likeness (QED) is 0.683. The van der Waals surface area contributed by atoms with Crippen molar-refractivity contribution in [3.05, 3.63) is 29.8 Å².